The quantitative estimate of drug-likeness (QED) is 0.473. The van der Waals surface area contributed by atoms with Crippen molar-refractivity contribution in [1.29, 1.82) is 0 Å². The van der Waals surface area contributed by atoms with Crippen molar-refractivity contribution in [3.8, 4) is 0 Å². The SMILES string of the molecule is O=c1cc(N(Cc2ccc3ccccc3c2)C2CCNCC2)c2cc(F)cc(F)c2o1. The molecule has 0 unspecified atom stereocenters. The van der Waals surface area contributed by atoms with E-state index in [0.717, 1.165) is 48.3 Å². The lowest BCUT2D eigenvalue weighted by atomic mass is 10.0. The van der Waals surface area contributed by atoms with Gasteiger partial charge in [0.15, 0.2) is 11.4 Å². The average molecular weight is 420 g/mol. The first-order valence-corrected chi connectivity index (χ1v) is 10.5. The van der Waals surface area contributed by atoms with Gasteiger partial charge in [-0.25, -0.2) is 13.6 Å². The van der Waals surface area contributed by atoms with Crippen LogP contribution in [0.1, 0.15) is 18.4 Å². The molecule has 4 aromatic rings. The van der Waals surface area contributed by atoms with Gasteiger partial charge in [0.1, 0.15) is 5.82 Å². The van der Waals surface area contributed by atoms with Gasteiger partial charge in [-0.05, 0) is 54.4 Å². The van der Waals surface area contributed by atoms with Crippen LogP contribution < -0.4 is 15.8 Å². The molecule has 1 aliphatic heterocycles. The van der Waals surface area contributed by atoms with Gasteiger partial charge in [0.2, 0.25) is 0 Å². The number of anilines is 1. The highest BCUT2D eigenvalue weighted by Crippen LogP contribution is 2.32. The number of hydrogen-bond acceptors (Lipinski definition) is 4. The lowest BCUT2D eigenvalue weighted by Crippen LogP contribution is -2.43. The van der Waals surface area contributed by atoms with Crippen molar-refractivity contribution < 1.29 is 13.2 Å². The number of hydrogen-bond donors (Lipinski definition) is 1. The van der Waals surface area contributed by atoms with E-state index >= 15 is 0 Å². The minimum absolute atomic E-state index is 0.129. The fraction of sp³-hybridized carbons (Fsp3) is 0.240. The molecule has 3 aromatic carbocycles. The van der Waals surface area contributed by atoms with Crippen molar-refractivity contribution >= 4 is 27.4 Å². The average Bonchev–Trinajstić information content (AvgIpc) is 2.78. The van der Waals surface area contributed by atoms with Crippen molar-refractivity contribution in [3.05, 3.63) is 88.3 Å². The van der Waals surface area contributed by atoms with E-state index in [0.29, 0.717) is 12.2 Å². The van der Waals surface area contributed by atoms with E-state index in [1.54, 1.807) is 0 Å². The zero-order chi connectivity index (χ0) is 21.4. The van der Waals surface area contributed by atoms with Gasteiger partial charge in [-0.15, -0.1) is 0 Å². The lowest BCUT2D eigenvalue weighted by Gasteiger charge is -2.37. The molecule has 2 heterocycles. The Kier molecular flexibility index (Phi) is 5.16. The van der Waals surface area contributed by atoms with E-state index in [1.165, 1.54) is 12.1 Å². The maximum absolute atomic E-state index is 14.4. The Labute approximate surface area is 178 Å². The van der Waals surface area contributed by atoms with Crippen LogP contribution in [0, 0.1) is 11.6 Å². The number of halogens is 2. The molecule has 4 nitrogen and oxygen atoms in total. The van der Waals surface area contributed by atoms with Gasteiger partial charge in [0.25, 0.3) is 0 Å². The zero-order valence-corrected chi connectivity index (χ0v) is 16.9. The molecule has 0 atom stereocenters. The molecule has 0 aliphatic carbocycles. The fourth-order valence-electron chi connectivity index (χ4n) is 4.47. The monoisotopic (exact) mass is 420 g/mol. The van der Waals surface area contributed by atoms with Crippen LogP contribution in [-0.2, 0) is 6.54 Å². The van der Waals surface area contributed by atoms with Gasteiger partial charge in [0.05, 0.1) is 5.69 Å². The Balaban J connectivity index is 1.65. The minimum Gasteiger partial charge on any atom is -0.419 e. The first-order chi connectivity index (χ1) is 15.1. The third-order valence-electron chi connectivity index (χ3n) is 5.97. The van der Waals surface area contributed by atoms with Gasteiger partial charge in [-0.3, -0.25) is 0 Å². The Bertz CT molecular complexity index is 1310. The number of benzene rings is 3. The normalized spacial score (nSPS) is 14.9. The largest absolute Gasteiger partial charge is 0.419 e. The molecule has 158 valence electrons. The Hall–Kier alpha value is -3.25. The van der Waals surface area contributed by atoms with Crippen LogP contribution in [0.15, 0.2) is 69.9 Å². The summed E-state index contributed by atoms with van der Waals surface area (Å²) in [7, 11) is 0. The highest BCUT2D eigenvalue weighted by atomic mass is 19.1. The van der Waals surface area contributed by atoms with Crippen molar-refractivity contribution in [2.45, 2.75) is 25.4 Å². The zero-order valence-electron chi connectivity index (χ0n) is 16.9. The van der Waals surface area contributed by atoms with E-state index in [4.69, 9.17) is 4.42 Å². The summed E-state index contributed by atoms with van der Waals surface area (Å²) in [5, 5.41) is 5.90. The summed E-state index contributed by atoms with van der Waals surface area (Å²) in [6.07, 6.45) is 1.74. The maximum atomic E-state index is 14.4. The molecule has 1 saturated heterocycles. The molecule has 0 amide bonds. The fourth-order valence-corrected chi connectivity index (χ4v) is 4.47. The van der Waals surface area contributed by atoms with Crippen LogP contribution in [-0.4, -0.2) is 19.1 Å². The number of nitrogens with zero attached hydrogens (tertiary/aromatic N) is 1. The van der Waals surface area contributed by atoms with Crippen LogP contribution in [0.5, 0.6) is 0 Å². The molecule has 1 N–H and O–H groups in total. The van der Waals surface area contributed by atoms with E-state index in [1.807, 2.05) is 12.1 Å². The number of rotatable bonds is 4. The molecule has 1 fully saturated rings. The summed E-state index contributed by atoms with van der Waals surface area (Å²) in [5.41, 5.74) is 0.715. The molecule has 0 radical (unpaired) electrons. The van der Waals surface area contributed by atoms with Crippen LogP contribution in [0.2, 0.25) is 0 Å². The predicted molar refractivity (Wildman–Crippen MR) is 118 cm³/mol. The van der Waals surface area contributed by atoms with Gasteiger partial charge in [0, 0.05) is 30.1 Å². The highest BCUT2D eigenvalue weighted by molar-refractivity contribution is 5.91. The van der Waals surface area contributed by atoms with E-state index in [2.05, 4.69) is 40.5 Å². The van der Waals surface area contributed by atoms with Crippen LogP contribution >= 0.6 is 0 Å². The molecule has 1 aliphatic rings. The molecular weight excluding hydrogens is 398 g/mol. The molecule has 0 saturated carbocycles. The number of piperidine rings is 1. The molecule has 6 heteroatoms. The van der Waals surface area contributed by atoms with Crippen molar-refractivity contribution in [1.82, 2.24) is 5.32 Å². The van der Waals surface area contributed by atoms with Crippen LogP contribution in [0.3, 0.4) is 0 Å². The van der Waals surface area contributed by atoms with Crippen molar-refractivity contribution in [3.63, 3.8) is 0 Å². The summed E-state index contributed by atoms with van der Waals surface area (Å²) < 4.78 is 33.6. The topological polar surface area (TPSA) is 45.5 Å². The van der Waals surface area contributed by atoms with Gasteiger partial charge in [-0.2, -0.15) is 0 Å². The van der Waals surface area contributed by atoms with Gasteiger partial charge >= 0.3 is 5.63 Å². The summed E-state index contributed by atoms with van der Waals surface area (Å²) in [4.78, 5) is 14.4. The van der Waals surface area contributed by atoms with Gasteiger partial charge in [-0.1, -0.05) is 36.4 Å². The lowest BCUT2D eigenvalue weighted by molar-refractivity contribution is 0.427. The molecule has 5 rings (SSSR count). The van der Waals surface area contributed by atoms with E-state index in [-0.39, 0.29) is 17.0 Å². The smallest absolute Gasteiger partial charge is 0.338 e. The molecular formula is C25H22F2N2O2. The standard InChI is InChI=1S/C25H22F2N2O2/c26-19-12-21-23(14-24(30)31-25(21)22(27)13-19)29(20-7-9-28-10-8-20)15-16-5-6-17-3-1-2-4-18(17)11-16/h1-6,11-14,20,28H,7-10,15H2. The second kappa shape index (κ2) is 8.12. The third-order valence-corrected chi connectivity index (χ3v) is 5.97. The van der Waals surface area contributed by atoms with Crippen molar-refractivity contribution in [2.24, 2.45) is 0 Å². The molecule has 0 bridgehead atoms. The van der Waals surface area contributed by atoms with Crippen LogP contribution in [0.4, 0.5) is 14.5 Å². The molecule has 31 heavy (non-hydrogen) atoms. The highest BCUT2D eigenvalue weighted by Gasteiger charge is 2.25. The van der Waals surface area contributed by atoms with Gasteiger partial charge < -0.3 is 14.6 Å². The third kappa shape index (κ3) is 3.91. The summed E-state index contributed by atoms with van der Waals surface area (Å²) in [5.74, 6) is -1.57. The van der Waals surface area contributed by atoms with E-state index in [9.17, 15) is 13.6 Å². The predicted octanol–water partition coefficient (Wildman–Crippen LogP) is 4.98. The summed E-state index contributed by atoms with van der Waals surface area (Å²) in [6, 6.07) is 17.8. The number of fused-ring (bicyclic) bond motifs is 2. The molecule has 1 aromatic heterocycles. The Morgan fingerprint density at radius 3 is 2.55 bits per heavy atom. The maximum Gasteiger partial charge on any atom is 0.338 e. The minimum atomic E-state index is -0.870. The van der Waals surface area contributed by atoms with Crippen LogP contribution in [0.25, 0.3) is 21.7 Å². The second-order valence-corrected chi connectivity index (χ2v) is 8.01. The first-order valence-electron chi connectivity index (χ1n) is 10.5. The van der Waals surface area contributed by atoms with E-state index < -0.39 is 17.3 Å². The molecule has 0 spiro atoms. The Morgan fingerprint density at radius 1 is 0.968 bits per heavy atom. The van der Waals surface area contributed by atoms with Crippen molar-refractivity contribution in [2.75, 3.05) is 18.0 Å². The first kappa shape index (κ1) is 19.7. The summed E-state index contributed by atoms with van der Waals surface area (Å²) in [6.45, 7) is 2.22. The number of nitrogens with one attached hydrogen (secondary N) is 1. The Morgan fingerprint density at radius 2 is 1.74 bits per heavy atom. The summed E-state index contributed by atoms with van der Waals surface area (Å²) >= 11 is 0. The second-order valence-electron chi connectivity index (χ2n) is 8.01.